The molecule has 0 aliphatic heterocycles. The Morgan fingerprint density at radius 2 is 1.44 bits per heavy atom. The van der Waals surface area contributed by atoms with Crippen molar-refractivity contribution in [3.05, 3.63) is 0 Å². The van der Waals surface area contributed by atoms with Crippen LogP contribution >= 0.6 is 7.82 Å². The monoisotopic (exact) mass is 151 g/mol. The fourth-order valence-electron chi connectivity index (χ4n) is 0. The Morgan fingerprint density at radius 3 is 1.44 bits per heavy atom. The standard InChI is InChI=1S/CH2N2.B.H3O4P/c2-1-3;;1-5(2,3)4/h2H2;;(H3,1,2,3,4). The van der Waals surface area contributed by atoms with Gasteiger partial charge in [-0.25, -0.2) is 4.57 Å². The summed E-state index contributed by atoms with van der Waals surface area (Å²) in [4.78, 5) is 21.6. The van der Waals surface area contributed by atoms with Crippen molar-refractivity contribution in [1.29, 1.82) is 5.26 Å². The molecular formula is CH5BN2O4P. The number of phosphoric acid groups is 1. The van der Waals surface area contributed by atoms with Crippen molar-refractivity contribution in [2.24, 2.45) is 5.73 Å². The van der Waals surface area contributed by atoms with Crippen LogP contribution < -0.4 is 5.73 Å². The molecule has 0 heterocycles. The van der Waals surface area contributed by atoms with Gasteiger partial charge in [-0.3, -0.25) is 0 Å². The zero-order chi connectivity index (χ0) is 7.21. The Hall–Kier alpha value is -0.535. The zero-order valence-electron chi connectivity index (χ0n) is 4.30. The molecule has 0 fully saturated rings. The van der Waals surface area contributed by atoms with E-state index in [2.05, 4.69) is 5.73 Å². The van der Waals surface area contributed by atoms with Crippen LogP contribution in [0.3, 0.4) is 0 Å². The second kappa shape index (κ2) is 7.46. The molecule has 0 rings (SSSR count). The smallest absolute Gasteiger partial charge is 0.337 e. The van der Waals surface area contributed by atoms with E-state index in [1.165, 1.54) is 6.19 Å². The van der Waals surface area contributed by atoms with Crippen molar-refractivity contribution in [2.75, 3.05) is 0 Å². The van der Waals surface area contributed by atoms with Crippen LogP contribution in [-0.4, -0.2) is 23.1 Å². The molecule has 0 saturated heterocycles. The van der Waals surface area contributed by atoms with Gasteiger partial charge in [0.05, 0.1) is 0 Å². The minimum atomic E-state index is -4.64. The molecule has 0 aliphatic carbocycles. The molecule has 0 unspecified atom stereocenters. The second-order valence-electron chi connectivity index (χ2n) is 0.642. The maximum Gasteiger partial charge on any atom is 0.466 e. The lowest BCUT2D eigenvalue weighted by Gasteiger charge is -1.82. The molecule has 9 heavy (non-hydrogen) atoms. The molecule has 0 spiro atoms. The highest BCUT2D eigenvalue weighted by atomic mass is 31.2. The van der Waals surface area contributed by atoms with Crippen molar-refractivity contribution in [3.8, 4) is 6.19 Å². The van der Waals surface area contributed by atoms with E-state index < -0.39 is 7.82 Å². The van der Waals surface area contributed by atoms with Gasteiger partial charge in [0.25, 0.3) is 0 Å². The number of nitrogens with two attached hydrogens (primary N) is 1. The minimum absolute atomic E-state index is 0. The molecule has 0 amide bonds. The fraction of sp³-hybridized carbons (Fsp3) is 0. The van der Waals surface area contributed by atoms with Gasteiger partial charge in [-0.05, 0) is 0 Å². The molecule has 0 aliphatic rings. The van der Waals surface area contributed by atoms with Crippen LogP contribution in [0.15, 0.2) is 0 Å². The van der Waals surface area contributed by atoms with Gasteiger partial charge in [-0.1, -0.05) is 0 Å². The van der Waals surface area contributed by atoms with Crippen molar-refractivity contribution < 1.29 is 19.2 Å². The molecule has 8 heteroatoms. The highest BCUT2D eigenvalue weighted by Gasteiger charge is 2.00. The van der Waals surface area contributed by atoms with E-state index in [9.17, 15) is 0 Å². The summed E-state index contributed by atoms with van der Waals surface area (Å²) in [6.45, 7) is 0. The van der Waals surface area contributed by atoms with Crippen LogP contribution in [0.2, 0.25) is 0 Å². The number of hydrogen-bond donors (Lipinski definition) is 4. The molecular weight excluding hydrogens is 146 g/mol. The van der Waals surface area contributed by atoms with Crippen molar-refractivity contribution >= 4 is 16.2 Å². The van der Waals surface area contributed by atoms with Gasteiger partial charge in [0.2, 0.25) is 0 Å². The maximum absolute atomic E-state index is 8.88. The Morgan fingerprint density at radius 1 is 1.44 bits per heavy atom. The van der Waals surface area contributed by atoms with Crippen LogP contribution in [0.1, 0.15) is 0 Å². The predicted molar refractivity (Wildman–Crippen MR) is 29.8 cm³/mol. The summed E-state index contributed by atoms with van der Waals surface area (Å²) in [5, 5.41) is 7.10. The van der Waals surface area contributed by atoms with E-state index >= 15 is 0 Å². The first-order valence-electron chi connectivity index (χ1n) is 1.29. The van der Waals surface area contributed by atoms with Crippen LogP contribution in [0, 0.1) is 11.5 Å². The number of hydrogen-bond acceptors (Lipinski definition) is 3. The average molecular weight is 151 g/mol. The summed E-state index contributed by atoms with van der Waals surface area (Å²) < 4.78 is 8.88. The predicted octanol–water partition coefficient (Wildman–Crippen LogP) is -1.88. The average Bonchev–Trinajstić information content (AvgIpc) is 1.27. The van der Waals surface area contributed by atoms with Crippen molar-refractivity contribution in [1.82, 2.24) is 0 Å². The topological polar surface area (TPSA) is 128 Å². The van der Waals surface area contributed by atoms with E-state index in [-0.39, 0.29) is 8.41 Å². The van der Waals surface area contributed by atoms with Crippen LogP contribution in [0.4, 0.5) is 0 Å². The summed E-state index contributed by atoms with van der Waals surface area (Å²) >= 11 is 0. The fourth-order valence-corrected chi connectivity index (χ4v) is 0. The number of nitrogens with zero attached hydrogens (tertiary/aromatic N) is 1. The van der Waals surface area contributed by atoms with Gasteiger partial charge in [0.1, 0.15) is 0 Å². The molecule has 0 bridgehead atoms. The van der Waals surface area contributed by atoms with E-state index in [1.54, 1.807) is 0 Å². The lowest BCUT2D eigenvalue weighted by atomic mass is 10.8. The normalized spacial score (nSPS) is 7.33. The molecule has 3 radical (unpaired) electrons. The third kappa shape index (κ3) is 779. The summed E-state index contributed by atoms with van der Waals surface area (Å²) in [7, 11) is -4.64. The van der Waals surface area contributed by atoms with Crippen LogP contribution in [0.5, 0.6) is 0 Å². The molecule has 0 atom stereocenters. The third-order valence-corrected chi connectivity index (χ3v) is 0. The van der Waals surface area contributed by atoms with E-state index in [0.29, 0.717) is 0 Å². The molecule has 0 saturated carbocycles. The molecule has 5 N–H and O–H groups in total. The van der Waals surface area contributed by atoms with E-state index in [0.717, 1.165) is 0 Å². The van der Waals surface area contributed by atoms with Crippen LogP contribution in [-0.2, 0) is 4.57 Å². The Kier molecular flexibility index (Phi) is 13.1. The summed E-state index contributed by atoms with van der Waals surface area (Å²) in [5.74, 6) is 0. The van der Waals surface area contributed by atoms with Crippen LogP contribution in [0.25, 0.3) is 0 Å². The molecule has 51 valence electrons. The lowest BCUT2D eigenvalue weighted by Crippen LogP contribution is -1.69. The first-order valence-corrected chi connectivity index (χ1v) is 2.86. The number of rotatable bonds is 0. The Balaban J connectivity index is -0.0000000800. The van der Waals surface area contributed by atoms with Gasteiger partial charge in [-0.15, -0.1) is 0 Å². The number of nitriles is 1. The Labute approximate surface area is 53.7 Å². The maximum atomic E-state index is 8.88. The Bertz CT molecular complexity index is 117. The molecule has 6 nitrogen and oxygen atoms in total. The molecule has 0 aromatic carbocycles. The lowest BCUT2D eigenvalue weighted by molar-refractivity contribution is 0.275. The highest BCUT2D eigenvalue weighted by Crippen LogP contribution is 2.25. The van der Waals surface area contributed by atoms with E-state index in [1.807, 2.05) is 0 Å². The van der Waals surface area contributed by atoms with Crippen molar-refractivity contribution in [3.63, 3.8) is 0 Å². The molecule has 0 aromatic rings. The SMILES string of the molecule is N#CN.O=P(O)(O)O.[B]. The van der Waals surface area contributed by atoms with Crippen molar-refractivity contribution in [2.45, 2.75) is 0 Å². The molecule has 0 aromatic heterocycles. The minimum Gasteiger partial charge on any atom is -0.337 e. The second-order valence-corrected chi connectivity index (χ2v) is 1.67. The highest BCUT2D eigenvalue weighted by molar-refractivity contribution is 7.45. The van der Waals surface area contributed by atoms with Gasteiger partial charge in [0, 0.05) is 8.41 Å². The summed E-state index contributed by atoms with van der Waals surface area (Å²) in [6, 6.07) is 0. The van der Waals surface area contributed by atoms with Gasteiger partial charge < -0.3 is 20.4 Å². The summed E-state index contributed by atoms with van der Waals surface area (Å²) in [6.07, 6.45) is 1.25. The van der Waals surface area contributed by atoms with Gasteiger partial charge in [0.15, 0.2) is 6.19 Å². The van der Waals surface area contributed by atoms with E-state index in [4.69, 9.17) is 24.5 Å². The summed E-state index contributed by atoms with van der Waals surface area (Å²) in [5.41, 5.74) is 4.15. The zero-order valence-corrected chi connectivity index (χ0v) is 5.19. The largest absolute Gasteiger partial charge is 0.466 e. The quantitative estimate of drug-likeness (QED) is 0.139. The first-order chi connectivity index (χ1) is 3.41. The van der Waals surface area contributed by atoms with Gasteiger partial charge >= 0.3 is 7.82 Å². The third-order valence-electron chi connectivity index (χ3n) is 0. The first kappa shape index (κ1) is 15.8. The van der Waals surface area contributed by atoms with Gasteiger partial charge in [-0.2, -0.15) is 5.26 Å².